The number of carbonyl (C=O) groups excluding carboxylic acids is 4. The van der Waals surface area contributed by atoms with E-state index in [1.165, 1.54) is 14.2 Å². The van der Waals surface area contributed by atoms with Gasteiger partial charge in [-0.3, -0.25) is 9.59 Å². The first-order valence-corrected chi connectivity index (χ1v) is 18.3. The Hall–Kier alpha value is -5.66. The van der Waals surface area contributed by atoms with Crippen LogP contribution in [0, 0.1) is 5.92 Å². The smallest absolute Gasteiger partial charge is 0.407 e. The predicted molar refractivity (Wildman–Crippen MR) is 196 cm³/mol. The Morgan fingerprint density at radius 3 is 1.75 bits per heavy atom. The number of carbonyl (C=O) groups is 4. The Labute approximate surface area is 308 Å². The van der Waals surface area contributed by atoms with Crippen molar-refractivity contribution in [2.24, 2.45) is 5.92 Å². The standard InChI is InChI=1S/C39H46N8O6/c1-23(42-38(50)52-2)36(48)46-19-5-9-32(46)34-40-21-30(43-34)26-15-11-24(12-16-26)25-13-17-27(18-14-25)31-22-41-35(44-31)33-10-6-20-47(33)37(49)28-7-4-8-29(28)45-39(51)53-3/h11-18,21-23,28-29,32-33H,4-10,19-20H2,1-3H3,(H,40,43)(H,41,44)(H,42,50)(H,45,51)/t23-,28+,29+,32-,33-/m0/s1. The van der Waals surface area contributed by atoms with Gasteiger partial charge in [0, 0.05) is 19.1 Å². The molecule has 4 N–H and O–H groups in total. The van der Waals surface area contributed by atoms with Gasteiger partial charge in [-0.2, -0.15) is 0 Å². The van der Waals surface area contributed by atoms with Gasteiger partial charge >= 0.3 is 12.2 Å². The van der Waals surface area contributed by atoms with Crippen LogP contribution in [0.4, 0.5) is 9.59 Å². The van der Waals surface area contributed by atoms with Gasteiger partial charge in [-0.05, 0) is 67.7 Å². The van der Waals surface area contributed by atoms with Crippen molar-refractivity contribution in [3.63, 3.8) is 0 Å². The van der Waals surface area contributed by atoms with E-state index in [1.54, 1.807) is 18.0 Å². The van der Waals surface area contributed by atoms with Crippen LogP contribution in [0.15, 0.2) is 60.9 Å². The van der Waals surface area contributed by atoms with Crippen LogP contribution in [-0.4, -0.2) is 93.1 Å². The fourth-order valence-electron chi connectivity index (χ4n) is 8.02. The molecule has 1 aliphatic carbocycles. The summed E-state index contributed by atoms with van der Waals surface area (Å²) < 4.78 is 9.42. The Balaban J connectivity index is 0.984. The molecular formula is C39H46N8O6. The maximum absolute atomic E-state index is 13.7. The first-order valence-electron chi connectivity index (χ1n) is 18.3. The molecule has 3 fully saturated rings. The summed E-state index contributed by atoms with van der Waals surface area (Å²) in [6, 6.07) is 15.3. The third-order valence-corrected chi connectivity index (χ3v) is 10.8. The number of amides is 4. The van der Waals surface area contributed by atoms with Gasteiger partial charge in [0.25, 0.3) is 0 Å². The zero-order valence-corrected chi connectivity index (χ0v) is 30.3. The van der Waals surface area contributed by atoms with Gasteiger partial charge in [0.2, 0.25) is 11.8 Å². The molecule has 278 valence electrons. The first kappa shape index (κ1) is 35.7. The molecule has 2 aromatic heterocycles. The lowest BCUT2D eigenvalue weighted by molar-refractivity contribution is -0.137. The second-order valence-corrected chi connectivity index (χ2v) is 14.0. The predicted octanol–water partition coefficient (Wildman–Crippen LogP) is 5.73. The van der Waals surface area contributed by atoms with Gasteiger partial charge in [-0.15, -0.1) is 0 Å². The number of aromatic amines is 2. The van der Waals surface area contributed by atoms with E-state index in [1.807, 2.05) is 11.1 Å². The number of ether oxygens (including phenoxy) is 2. The number of H-pyrrole nitrogens is 2. The summed E-state index contributed by atoms with van der Waals surface area (Å²) in [5, 5.41) is 5.41. The summed E-state index contributed by atoms with van der Waals surface area (Å²) >= 11 is 0. The molecular weight excluding hydrogens is 676 g/mol. The van der Waals surface area contributed by atoms with Crippen molar-refractivity contribution in [1.82, 2.24) is 40.4 Å². The number of hydrogen-bond donors (Lipinski definition) is 4. The zero-order chi connectivity index (χ0) is 37.1. The van der Waals surface area contributed by atoms with Gasteiger partial charge in [-0.25, -0.2) is 19.6 Å². The molecule has 0 spiro atoms. The van der Waals surface area contributed by atoms with Gasteiger partial charge < -0.3 is 39.9 Å². The molecule has 4 aromatic rings. The topological polar surface area (TPSA) is 175 Å². The maximum Gasteiger partial charge on any atom is 0.407 e. The molecule has 14 nitrogen and oxygen atoms in total. The van der Waals surface area contributed by atoms with Crippen LogP contribution < -0.4 is 10.6 Å². The second kappa shape index (κ2) is 15.5. The van der Waals surface area contributed by atoms with Crippen molar-refractivity contribution < 1.29 is 28.7 Å². The number of benzene rings is 2. The molecule has 14 heteroatoms. The summed E-state index contributed by atoms with van der Waals surface area (Å²) in [6.07, 6.45) is 8.28. The highest BCUT2D eigenvalue weighted by atomic mass is 16.5. The molecule has 0 radical (unpaired) electrons. The molecule has 4 heterocycles. The fourth-order valence-corrected chi connectivity index (χ4v) is 8.02. The molecule has 7 rings (SSSR count). The maximum atomic E-state index is 13.7. The summed E-state index contributed by atoms with van der Waals surface area (Å²) in [7, 11) is 2.61. The summed E-state index contributed by atoms with van der Waals surface area (Å²) in [6.45, 7) is 2.93. The molecule has 53 heavy (non-hydrogen) atoms. The molecule has 3 aliphatic rings. The average Bonchev–Trinajstić information content (AvgIpc) is 4.04. The summed E-state index contributed by atoms with van der Waals surface area (Å²) in [5.74, 6) is 1.15. The largest absolute Gasteiger partial charge is 0.453 e. The Morgan fingerprint density at radius 1 is 0.698 bits per heavy atom. The SMILES string of the molecule is COC(=O)N[C@@H](C)C(=O)N1CCC[C@H]1c1ncc(-c2ccc(-c3ccc(-c4cnc([C@@H]5CCCN5C(=O)[C@@H]5CCC[C@H]5NC(=O)OC)[nH]4)cc3)cc2)[nH]1. The van der Waals surface area contributed by atoms with E-state index in [9.17, 15) is 19.2 Å². The molecule has 5 atom stereocenters. The van der Waals surface area contributed by atoms with E-state index in [0.717, 1.165) is 90.2 Å². The Kier molecular flexibility index (Phi) is 10.5. The van der Waals surface area contributed by atoms with Crippen molar-refractivity contribution in [1.29, 1.82) is 0 Å². The number of nitrogens with one attached hydrogen (secondary N) is 4. The highest BCUT2D eigenvalue weighted by Gasteiger charge is 2.41. The van der Waals surface area contributed by atoms with Gasteiger partial charge in [0.15, 0.2) is 0 Å². The minimum absolute atomic E-state index is 0.0705. The van der Waals surface area contributed by atoms with Crippen LogP contribution in [0.5, 0.6) is 0 Å². The molecule has 0 bridgehead atoms. The number of imidazole rings is 2. The van der Waals surface area contributed by atoms with E-state index in [4.69, 9.17) is 9.72 Å². The second-order valence-electron chi connectivity index (χ2n) is 14.0. The molecule has 4 amide bonds. The highest BCUT2D eigenvalue weighted by Crippen LogP contribution is 2.37. The van der Waals surface area contributed by atoms with Crippen molar-refractivity contribution >= 4 is 24.0 Å². The van der Waals surface area contributed by atoms with Gasteiger partial charge in [0.05, 0.1) is 56.0 Å². The normalized spacial score (nSPS) is 21.7. The van der Waals surface area contributed by atoms with Crippen LogP contribution in [-0.2, 0) is 19.1 Å². The number of nitrogens with zero attached hydrogens (tertiary/aromatic N) is 4. The highest BCUT2D eigenvalue weighted by molar-refractivity contribution is 5.86. The first-order chi connectivity index (χ1) is 25.7. The molecule has 1 saturated carbocycles. The molecule has 0 unspecified atom stereocenters. The molecule has 2 aromatic carbocycles. The fraction of sp³-hybridized carbons (Fsp3) is 0.436. The van der Waals surface area contributed by atoms with Crippen LogP contribution >= 0.6 is 0 Å². The number of methoxy groups -OCH3 is 2. The average molecular weight is 723 g/mol. The monoisotopic (exact) mass is 722 g/mol. The Morgan fingerprint density at radius 2 is 1.21 bits per heavy atom. The van der Waals surface area contributed by atoms with Crippen LogP contribution in [0.3, 0.4) is 0 Å². The van der Waals surface area contributed by atoms with E-state index in [0.29, 0.717) is 13.1 Å². The summed E-state index contributed by atoms with van der Waals surface area (Å²) in [5.41, 5.74) is 5.86. The van der Waals surface area contributed by atoms with E-state index in [-0.39, 0.29) is 35.9 Å². The number of aromatic nitrogens is 4. The number of alkyl carbamates (subject to hydrolysis) is 2. The lowest BCUT2D eigenvalue weighted by Gasteiger charge is -2.29. The van der Waals surface area contributed by atoms with Crippen molar-refractivity contribution in [2.75, 3.05) is 27.3 Å². The van der Waals surface area contributed by atoms with E-state index in [2.05, 4.69) is 78.9 Å². The van der Waals surface area contributed by atoms with Crippen LogP contribution in [0.2, 0.25) is 0 Å². The molecule has 2 aliphatic heterocycles. The number of hydrogen-bond acceptors (Lipinski definition) is 8. The lowest BCUT2D eigenvalue weighted by Crippen LogP contribution is -2.46. The zero-order valence-electron chi connectivity index (χ0n) is 30.3. The Bertz CT molecular complexity index is 1940. The minimum atomic E-state index is -0.703. The van der Waals surface area contributed by atoms with Crippen LogP contribution in [0.1, 0.15) is 75.6 Å². The quantitative estimate of drug-likeness (QED) is 0.169. The third kappa shape index (κ3) is 7.48. The van der Waals surface area contributed by atoms with Gasteiger partial charge in [0.1, 0.15) is 17.7 Å². The van der Waals surface area contributed by atoms with Crippen molar-refractivity contribution in [2.45, 2.75) is 76.0 Å². The van der Waals surface area contributed by atoms with E-state index >= 15 is 0 Å². The van der Waals surface area contributed by atoms with Crippen LogP contribution in [0.25, 0.3) is 33.6 Å². The third-order valence-electron chi connectivity index (χ3n) is 10.8. The number of rotatable bonds is 9. The van der Waals surface area contributed by atoms with E-state index < -0.39 is 18.2 Å². The summed E-state index contributed by atoms with van der Waals surface area (Å²) in [4.78, 5) is 70.2. The van der Waals surface area contributed by atoms with Crippen molar-refractivity contribution in [3.05, 3.63) is 72.6 Å². The minimum Gasteiger partial charge on any atom is -0.453 e. The van der Waals surface area contributed by atoms with Crippen molar-refractivity contribution in [3.8, 4) is 33.6 Å². The lowest BCUT2D eigenvalue weighted by atomic mass is 10.0. The number of likely N-dealkylation sites (tertiary alicyclic amines) is 2. The van der Waals surface area contributed by atoms with Gasteiger partial charge in [-0.1, -0.05) is 55.0 Å². The molecule has 2 saturated heterocycles.